The summed E-state index contributed by atoms with van der Waals surface area (Å²) in [6.07, 6.45) is 1.20. The maximum Gasteiger partial charge on any atom is 0.363 e. The monoisotopic (exact) mass is 359 g/mol. The molecule has 0 fully saturated rings. The molecule has 22 heavy (non-hydrogen) atoms. The van der Waals surface area contributed by atoms with Gasteiger partial charge in [0.05, 0.1) is 27.7 Å². The molecule has 114 valence electrons. The summed E-state index contributed by atoms with van der Waals surface area (Å²) in [5, 5.41) is 0.0577. The molecule has 5 nitrogen and oxygen atoms in total. The van der Waals surface area contributed by atoms with Gasteiger partial charge in [0.15, 0.2) is 5.69 Å². The number of aromatic nitrogens is 1. The van der Waals surface area contributed by atoms with E-state index in [0.29, 0.717) is 5.56 Å². The molecule has 2 rings (SSSR count). The highest BCUT2D eigenvalue weighted by atomic mass is 35.5. The summed E-state index contributed by atoms with van der Waals surface area (Å²) >= 11 is 17.5. The van der Waals surface area contributed by atoms with Crippen LogP contribution in [0.25, 0.3) is 0 Å². The molecule has 0 N–H and O–H groups in total. The van der Waals surface area contributed by atoms with E-state index >= 15 is 0 Å². The number of rotatable bonds is 3. The number of nitrogens with zero attached hydrogens (tertiary/aromatic N) is 1. The number of halogens is 3. The van der Waals surface area contributed by atoms with Gasteiger partial charge >= 0.3 is 11.9 Å². The van der Waals surface area contributed by atoms with Crippen LogP contribution in [0.15, 0.2) is 30.5 Å². The van der Waals surface area contributed by atoms with Crippen LogP contribution in [0, 0.1) is 0 Å². The van der Waals surface area contributed by atoms with Gasteiger partial charge in [0.2, 0.25) is 0 Å². The fraction of sp³-hybridized carbons (Fsp3) is 0.0714. The van der Waals surface area contributed by atoms with Gasteiger partial charge in [-0.15, -0.1) is 0 Å². The quantitative estimate of drug-likeness (QED) is 0.610. The zero-order valence-corrected chi connectivity index (χ0v) is 13.4. The fourth-order valence-corrected chi connectivity index (χ4v) is 2.08. The lowest BCUT2D eigenvalue weighted by Gasteiger charge is -2.07. The molecule has 0 saturated carbocycles. The summed E-state index contributed by atoms with van der Waals surface area (Å²) in [7, 11) is 1.27. The van der Waals surface area contributed by atoms with Crippen molar-refractivity contribution in [3.8, 4) is 5.75 Å². The average molecular weight is 361 g/mol. The second-order valence-corrected chi connectivity index (χ2v) is 5.15. The molecule has 0 spiro atoms. The van der Waals surface area contributed by atoms with Crippen molar-refractivity contribution in [3.63, 3.8) is 0 Å². The van der Waals surface area contributed by atoms with Crippen LogP contribution in [0.4, 0.5) is 0 Å². The van der Waals surface area contributed by atoms with Gasteiger partial charge in [-0.25, -0.2) is 14.6 Å². The Morgan fingerprint density at radius 1 is 1.00 bits per heavy atom. The summed E-state index contributed by atoms with van der Waals surface area (Å²) in [4.78, 5) is 27.1. The van der Waals surface area contributed by atoms with E-state index in [-0.39, 0.29) is 26.5 Å². The third-order valence-electron chi connectivity index (χ3n) is 2.60. The van der Waals surface area contributed by atoms with Crippen molar-refractivity contribution in [1.82, 2.24) is 4.98 Å². The summed E-state index contributed by atoms with van der Waals surface area (Å²) in [6.45, 7) is 0. The first-order chi connectivity index (χ1) is 10.4. The molecule has 0 unspecified atom stereocenters. The lowest BCUT2D eigenvalue weighted by atomic mass is 10.2. The third-order valence-corrected chi connectivity index (χ3v) is 3.84. The normalized spacial score (nSPS) is 10.2. The van der Waals surface area contributed by atoms with Crippen molar-refractivity contribution >= 4 is 46.7 Å². The highest BCUT2D eigenvalue weighted by Gasteiger charge is 2.19. The van der Waals surface area contributed by atoms with Gasteiger partial charge in [0.25, 0.3) is 0 Å². The first-order valence-electron chi connectivity index (χ1n) is 5.84. The molecule has 8 heteroatoms. The zero-order valence-electron chi connectivity index (χ0n) is 11.1. The smallest absolute Gasteiger partial charge is 0.363 e. The number of pyridine rings is 1. The summed E-state index contributed by atoms with van der Waals surface area (Å²) < 4.78 is 9.67. The Balaban J connectivity index is 2.19. The number of carbonyl (C=O) groups excluding carboxylic acids is 2. The molecule has 2 aromatic rings. The van der Waals surface area contributed by atoms with Crippen LogP contribution in [0.3, 0.4) is 0 Å². The molecule has 0 atom stereocenters. The topological polar surface area (TPSA) is 65.5 Å². The molecule has 1 aromatic carbocycles. The number of hydrogen-bond donors (Lipinski definition) is 0. The third kappa shape index (κ3) is 3.50. The number of carbonyl (C=O) groups is 2. The maximum atomic E-state index is 12.0. The van der Waals surface area contributed by atoms with Crippen LogP contribution in [-0.4, -0.2) is 24.0 Å². The molecule has 0 aliphatic carbocycles. The van der Waals surface area contributed by atoms with Crippen LogP contribution in [0.2, 0.25) is 15.1 Å². The van der Waals surface area contributed by atoms with E-state index in [1.54, 1.807) is 0 Å². The van der Waals surface area contributed by atoms with Crippen LogP contribution in [-0.2, 0) is 4.74 Å². The van der Waals surface area contributed by atoms with Gasteiger partial charge in [-0.1, -0.05) is 34.8 Å². The second-order valence-electron chi connectivity index (χ2n) is 3.99. The Bertz CT molecular complexity index is 732. The number of methoxy groups -OCH3 is 1. The summed E-state index contributed by atoms with van der Waals surface area (Å²) in [6, 6.07) is 5.79. The molecule has 0 amide bonds. The van der Waals surface area contributed by atoms with Gasteiger partial charge in [0.1, 0.15) is 5.75 Å². The minimum Gasteiger partial charge on any atom is -0.465 e. The minimum atomic E-state index is -0.797. The Hall–Kier alpha value is -1.82. The van der Waals surface area contributed by atoms with E-state index in [4.69, 9.17) is 39.5 Å². The highest BCUT2D eigenvalue weighted by Crippen LogP contribution is 2.31. The lowest BCUT2D eigenvalue weighted by Crippen LogP contribution is -2.11. The molecule has 0 aliphatic heterocycles. The SMILES string of the molecule is COC(=O)c1ccc(OC(=O)c2ncc(Cl)c(Cl)c2Cl)cc1. The van der Waals surface area contributed by atoms with Gasteiger partial charge in [-0.05, 0) is 24.3 Å². The molecule has 0 bridgehead atoms. The van der Waals surface area contributed by atoms with E-state index < -0.39 is 11.9 Å². The van der Waals surface area contributed by atoms with Gasteiger partial charge in [0, 0.05) is 6.20 Å². The second kappa shape index (κ2) is 6.96. The van der Waals surface area contributed by atoms with E-state index in [2.05, 4.69) is 9.72 Å². The van der Waals surface area contributed by atoms with Crippen molar-refractivity contribution < 1.29 is 19.1 Å². The maximum absolute atomic E-state index is 12.0. The van der Waals surface area contributed by atoms with Crippen LogP contribution < -0.4 is 4.74 Å². The molecular formula is C14H8Cl3NO4. The molecule has 0 aliphatic rings. The average Bonchev–Trinajstić information content (AvgIpc) is 2.52. The Morgan fingerprint density at radius 2 is 1.64 bits per heavy atom. The van der Waals surface area contributed by atoms with Crippen LogP contribution in [0.1, 0.15) is 20.8 Å². The first-order valence-corrected chi connectivity index (χ1v) is 6.97. The number of hydrogen-bond acceptors (Lipinski definition) is 5. The van der Waals surface area contributed by atoms with Crippen molar-refractivity contribution in [2.24, 2.45) is 0 Å². The highest BCUT2D eigenvalue weighted by molar-refractivity contribution is 6.48. The Kier molecular flexibility index (Phi) is 5.24. The van der Waals surface area contributed by atoms with Crippen molar-refractivity contribution in [3.05, 3.63) is 56.8 Å². The van der Waals surface area contributed by atoms with Gasteiger partial charge in [-0.3, -0.25) is 0 Å². The minimum absolute atomic E-state index is 0.0197. The fourth-order valence-electron chi connectivity index (χ4n) is 1.52. The summed E-state index contributed by atoms with van der Waals surface area (Å²) in [5.74, 6) is -1.08. The standard InChI is InChI=1S/C14H8Cl3NO4/c1-21-13(19)7-2-4-8(5-3-7)22-14(20)12-11(17)10(16)9(15)6-18-12/h2-6H,1H3. The largest absolute Gasteiger partial charge is 0.465 e. The zero-order chi connectivity index (χ0) is 16.3. The van der Waals surface area contributed by atoms with E-state index in [0.717, 1.165) is 0 Å². The molecular weight excluding hydrogens is 353 g/mol. The van der Waals surface area contributed by atoms with Gasteiger partial charge in [-0.2, -0.15) is 0 Å². The van der Waals surface area contributed by atoms with E-state index in [1.807, 2.05) is 0 Å². The number of ether oxygens (including phenoxy) is 2. The van der Waals surface area contributed by atoms with E-state index in [1.165, 1.54) is 37.6 Å². The Morgan fingerprint density at radius 3 is 2.23 bits per heavy atom. The van der Waals surface area contributed by atoms with Crippen LogP contribution >= 0.6 is 34.8 Å². The molecule has 0 radical (unpaired) electrons. The number of esters is 2. The van der Waals surface area contributed by atoms with Crippen LogP contribution in [0.5, 0.6) is 5.75 Å². The lowest BCUT2D eigenvalue weighted by molar-refractivity contribution is 0.0600. The predicted octanol–water partition coefficient (Wildman–Crippen LogP) is 4.05. The Labute approximate surface area is 140 Å². The number of benzene rings is 1. The van der Waals surface area contributed by atoms with Crippen molar-refractivity contribution in [1.29, 1.82) is 0 Å². The van der Waals surface area contributed by atoms with Crippen molar-refractivity contribution in [2.45, 2.75) is 0 Å². The molecule has 0 saturated heterocycles. The molecule has 1 aromatic heterocycles. The summed E-state index contributed by atoms with van der Waals surface area (Å²) in [5.41, 5.74) is 0.168. The van der Waals surface area contributed by atoms with Crippen molar-refractivity contribution in [2.75, 3.05) is 7.11 Å². The first kappa shape index (κ1) is 16.5. The van der Waals surface area contributed by atoms with Gasteiger partial charge < -0.3 is 9.47 Å². The predicted molar refractivity (Wildman–Crippen MR) is 82.0 cm³/mol. The molecule has 1 heterocycles. The van der Waals surface area contributed by atoms with E-state index in [9.17, 15) is 9.59 Å².